The molecule has 0 fully saturated rings. The molecular weight excluding hydrogens is 254 g/mol. The van der Waals surface area contributed by atoms with Gasteiger partial charge in [0.1, 0.15) is 0 Å². The molecule has 1 aromatic carbocycles. The van der Waals surface area contributed by atoms with Crippen molar-refractivity contribution < 1.29 is 14.7 Å². The fraction of sp³-hybridized carbons (Fsp3) is 0.500. The predicted octanol–water partition coefficient (Wildman–Crippen LogP) is 2.02. The van der Waals surface area contributed by atoms with E-state index in [4.69, 9.17) is 5.11 Å². The zero-order valence-corrected chi connectivity index (χ0v) is 11.8. The molecule has 1 aliphatic rings. The van der Waals surface area contributed by atoms with Crippen molar-refractivity contribution in [2.45, 2.75) is 32.6 Å². The van der Waals surface area contributed by atoms with Gasteiger partial charge in [0.2, 0.25) is 5.91 Å². The van der Waals surface area contributed by atoms with Crippen molar-refractivity contribution >= 4 is 11.9 Å². The molecule has 0 bridgehead atoms. The summed E-state index contributed by atoms with van der Waals surface area (Å²) in [4.78, 5) is 22.7. The fourth-order valence-corrected chi connectivity index (χ4v) is 2.63. The van der Waals surface area contributed by atoms with Crippen LogP contribution in [-0.2, 0) is 22.4 Å². The zero-order valence-electron chi connectivity index (χ0n) is 11.8. The topological polar surface area (TPSA) is 66.4 Å². The van der Waals surface area contributed by atoms with Gasteiger partial charge >= 0.3 is 5.97 Å². The van der Waals surface area contributed by atoms with Gasteiger partial charge in [-0.1, -0.05) is 31.2 Å². The van der Waals surface area contributed by atoms with Crippen molar-refractivity contribution in [1.29, 1.82) is 0 Å². The number of carboxylic acid groups (broad SMARTS) is 1. The minimum Gasteiger partial charge on any atom is -0.481 e. The average Bonchev–Trinajstić information content (AvgIpc) is 2.86. The van der Waals surface area contributed by atoms with Gasteiger partial charge in [-0.2, -0.15) is 0 Å². The van der Waals surface area contributed by atoms with Crippen LogP contribution in [0.15, 0.2) is 24.3 Å². The van der Waals surface area contributed by atoms with Gasteiger partial charge in [-0.15, -0.1) is 0 Å². The molecule has 1 atom stereocenters. The highest BCUT2D eigenvalue weighted by molar-refractivity contribution is 5.80. The first-order valence-corrected chi connectivity index (χ1v) is 7.15. The zero-order chi connectivity index (χ0) is 14.5. The quantitative estimate of drug-likeness (QED) is 0.781. The molecule has 4 nitrogen and oxygen atoms in total. The predicted molar refractivity (Wildman–Crippen MR) is 76.4 cm³/mol. The summed E-state index contributed by atoms with van der Waals surface area (Å²) >= 11 is 0. The Kier molecular flexibility index (Phi) is 4.77. The van der Waals surface area contributed by atoms with Gasteiger partial charge in [-0.3, -0.25) is 9.59 Å². The highest BCUT2D eigenvalue weighted by Crippen LogP contribution is 2.26. The van der Waals surface area contributed by atoms with Crippen LogP contribution < -0.4 is 5.32 Å². The van der Waals surface area contributed by atoms with Crippen LogP contribution in [0.2, 0.25) is 0 Å². The van der Waals surface area contributed by atoms with Crippen LogP contribution in [0.3, 0.4) is 0 Å². The average molecular weight is 275 g/mol. The summed E-state index contributed by atoms with van der Waals surface area (Å²) in [6.07, 6.45) is 2.93. The SMILES string of the molecule is CC(CCCNC(=O)C1Cc2ccccc2C1)C(=O)O. The molecule has 0 aliphatic heterocycles. The Balaban J connectivity index is 1.71. The number of fused-ring (bicyclic) bond motifs is 1. The van der Waals surface area contributed by atoms with Crippen LogP contribution in [0.1, 0.15) is 30.9 Å². The number of rotatable bonds is 6. The van der Waals surface area contributed by atoms with E-state index in [1.807, 2.05) is 12.1 Å². The Labute approximate surface area is 119 Å². The third kappa shape index (κ3) is 3.59. The number of nitrogens with one attached hydrogen (secondary N) is 1. The Morgan fingerprint density at radius 1 is 1.30 bits per heavy atom. The Hall–Kier alpha value is -1.84. The molecular formula is C16H21NO3. The van der Waals surface area contributed by atoms with E-state index in [-0.39, 0.29) is 17.7 Å². The van der Waals surface area contributed by atoms with Crippen molar-refractivity contribution in [3.8, 4) is 0 Å². The van der Waals surface area contributed by atoms with E-state index >= 15 is 0 Å². The highest BCUT2D eigenvalue weighted by atomic mass is 16.4. The molecule has 1 aliphatic carbocycles. The molecule has 0 radical (unpaired) electrons. The van der Waals surface area contributed by atoms with Crippen molar-refractivity contribution in [1.82, 2.24) is 5.32 Å². The van der Waals surface area contributed by atoms with Crippen molar-refractivity contribution in [3.05, 3.63) is 35.4 Å². The van der Waals surface area contributed by atoms with Crippen LogP contribution in [0.4, 0.5) is 0 Å². The van der Waals surface area contributed by atoms with E-state index in [0.29, 0.717) is 19.4 Å². The second kappa shape index (κ2) is 6.55. The lowest BCUT2D eigenvalue weighted by Gasteiger charge is -2.11. The van der Waals surface area contributed by atoms with Gasteiger partial charge in [0.05, 0.1) is 5.92 Å². The summed E-state index contributed by atoms with van der Waals surface area (Å²) in [5, 5.41) is 11.7. The van der Waals surface area contributed by atoms with E-state index < -0.39 is 5.97 Å². The molecule has 0 heterocycles. The second-order valence-corrected chi connectivity index (χ2v) is 5.55. The molecule has 2 rings (SSSR count). The lowest BCUT2D eigenvalue weighted by Crippen LogP contribution is -2.32. The number of carboxylic acids is 1. The molecule has 1 unspecified atom stereocenters. The third-order valence-corrected chi connectivity index (χ3v) is 3.96. The van der Waals surface area contributed by atoms with Crippen molar-refractivity contribution in [2.75, 3.05) is 6.54 Å². The highest BCUT2D eigenvalue weighted by Gasteiger charge is 2.26. The third-order valence-electron chi connectivity index (χ3n) is 3.96. The summed E-state index contributed by atoms with van der Waals surface area (Å²) in [5.41, 5.74) is 2.54. The van der Waals surface area contributed by atoms with Gasteiger partial charge in [0.15, 0.2) is 0 Å². The second-order valence-electron chi connectivity index (χ2n) is 5.55. The standard InChI is InChI=1S/C16H21NO3/c1-11(16(19)20)5-4-8-17-15(18)14-9-12-6-2-3-7-13(12)10-14/h2-3,6-7,11,14H,4-5,8-10H2,1H3,(H,17,18)(H,19,20). The summed E-state index contributed by atoms with van der Waals surface area (Å²) in [6.45, 7) is 2.25. The molecule has 0 saturated carbocycles. The van der Waals surface area contributed by atoms with Crippen molar-refractivity contribution in [2.24, 2.45) is 11.8 Å². The molecule has 1 amide bonds. The van der Waals surface area contributed by atoms with Gasteiger partial charge in [0.25, 0.3) is 0 Å². The molecule has 2 N–H and O–H groups in total. The summed E-state index contributed by atoms with van der Waals surface area (Å²) in [7, 11) is 0. The maximum absolute atomic E-state index is 12.1. The Morgan fingerprint density at radius 3 is 2.45 bits per heavy atom. The normalized spacial score (nSPS) is 15.7. The molecule has 0 saturated heterocycles. The summed E-state index contributed by atoms with van der Waals surface area (Å²) in [5.74, 6) is -1.00. The number of carbonyl (C=O) groups is 2. The van der Waals surface area contributed by atoms with Crippen LogP contribution >= 0.6 is 0 Å². The smallest absolute Gasteiger partial charge is 0.306 e. The molecule has 4 heteroatoms. The monoisotopic (exact) mass is 275 g/mol. The molecule has 0 aromatic heterocycles. The number of benzene rings is 1. The number of hydrogen-bond acceptors (Lipinski definition) is 2. The number of hydrogen-bond donors (Lipinski definition) is 2. The van der Waals surface area contributed by atoms with E-state index in [1.165, 1.54) is 11.1 Å². The Morgan fingerprint density at radius 2 is 1.90 bits per heavy atom. The first-order valence-electron chi connectivity index (χ1n) is 7.15. The van der Waals surface area contributed by atoms with Crippen LogP contribution in [0.25, 0.3) is 0 Å². The Bertz CT molecular complexity index is 473. The number of aliphatic carboxylic acids is 1. The summed E-state index contributed by atoms with van der Waals surface area (Å²) in [6, 6.07) is 8.17. The van der Waals surface area contributed by atoms with Crippen molar-refractivity contribution in [3.63, 3.8) is 0 Å². The minimum absolute atomic E-state index is 0.0318. The first-order chi connectivity index (χ1) is 9.58. The molecule has 1 aromatic rings. The maximum Gasteiger partial charge on any atom is 0.306 e. The van der Waals surface area contributed by atoms with E-state index in [2.05, 4.69) is 17.4 Å². The first kappa shape index (κ1) is 14.6. The molecule has 0 spiro atoms. The van der Waals surface area contributed by atoms with E-state index in [0.717, 1.165) is 12.8 Å². The molecule has 20 heavy (non-hydrogen) atoms. The minimum atomic E-state index is -0.775. The number of carbonyl (C=O) groups excluding carboxylic acids is 1. The lowest BCUT2D eigenvalue weighted by atomic mass is 10.0. The van der Waals surface area contributed by atoms with Gasteiger partial charge in [0, 0.05) is 12.5 Å². The molecule has 108 valence electrons. The van der Waals surface area contributed by atoms with E-state index in [1.54, 1.807) is 6.92 Å². The number of amides is 1. The van der Waals surface area contributed by atoms with Crippen LogP contribution in [0.5, 0.6) is 0 Å². The fourth-order valence-electron chi connectivity index (χ4n) is 2.63. The largest absolute Gasteiger partial charge is 0.481 e. The maximum atomic E-state index is 12.1. The van der Waals surface area contributed by atoms with Gasteiger partial charge in [-0.05, 0) is 36.8 Å². The van der Waals surface area contributed by atoms with Gasteiger partial charge < -0.3 is 10.4 Å². The lowest BCUT2D eigenvalue weighted by molar-refractivity contribution is -0.141. The summed E-state index contributed by atoms with van der Waals surface area (Å²) < 4.78 is 0. The van der Waals surface area contributed by atoms with Crippen LogP contribution in [0, 0.1) is 11.8 Å². The van der Waals surface area contributed by atoms with Gasteiger partial charge in [-0.25, -0.2) is 0 Å². The van der Waals surface area contributed by atoms with E-state index in [9.17, 15) is 9.59 Å². The van der Waals surface area contributed by atoms with Crippen LogP contribution in [-0.4, -0.2) is 23.5 Å².